The maximum atomic E-state index is 8.72. The number of aliphatic hydroxyl groups is 1. The number of rotatable bonds is 4. The van der Waals surface area contributed by atoms with E-state index >= 15 is 0 Å². The summed E-state index contributed by atoms with van der Waals surface area (Å²) in [4.78, 5) is 2.32. The lowest BCUT2D eigenvalue weighted by atomic mass is 9.84. The fraction of sp³-hybridized carbons (Fsp3) is 0.478. The Bertz CT molecular complexity index is 1040. The molecule has 0 spiro atoms. The average Bonchev–Trinajstić information content (AvgIpc) is 3.44. The Morgan fingerprint density at radius 3 is 2.58 bits per heavy atom. The van der Waals surface area contributed by atoms with Gasteiger partial charge in [-0.3, -0.25) is 0 Å². The fourth-order valence-corrected chi connectivity index (χ4v) is 4.09. The van der Waals surface area contributed by atoms with Gasteiger partial charge < -0.3 is 15.3 Å². The third kappa shape index (κ3) is 4.63. The number of anilines is 1. The number of hydrogen-bond acceptors (Lipinski definition) is 5. The molecule has 3 heterocycles. The Morgan fingerprint density at radius 2 is 1.97 bits per heavy atom. The van der Waals surface area contributed by atoms with Crippen LogP contribution in [0.15, 0.2) is 37.3 Å². The van der Waals surface area contributed by atoms with E-state index in [0.29, 0.717) is 5.92 Å². The highest BCUT2D eigenvalue weighted by atomic mass is 35.5. The van der Waals surface area contributed by atoms with Crippen molar-refractivity contribution >= 4 is 33.9 Å². The Morgan fingerprint density at radius 1 is 1.23 bits per heavy atom. The van der Waals surface area contributed by atoms with Gasteiger partial charge in [0, 0.05) is 37.3 Å². The van der Waals surface area contributed by atoms with Crippen LogP contribution in [0.4, 0.5) is 5.69 Å². The van der Waals surface area contributed by atoms with Crippen LogP contribution >= 0.6 is 11.6 Å². The number of hydrogen-bond donors (Lipinski definition) is 2. The zero-order valence-electron chi connectivity index (χ0n) is 18.3. The summed E-state index contributed by atoms with van der Waals surface area (Å²) in [7, 11) is 0. The number of benzene rings is 1. The molecule has 3 aromatic rings. The zero-order chi connectivity index (χ0) is 22.0. The van der Waals surface area contributed by atoms with E-state index in [1.165, 1.54) is 6.42 Å². The Balaban J connectivity index is 0.000000334. The van der Waals surface area contributed by atoms with Crippen LogP contribution in [0.3, 0.4) is 0 Å². The van der Waals surface area contributed by atoms with E-state index in [2.05, 4.69) is 46.9 Å². The standard InChI is InChI=1S/C18H21ClN6.C5H10O/c1-3-13(2)24-12-15(11-21-24)25-17-9-18(23-6-4-20-5-7-23)16(19)8-14(17)10-22-25;1-4-2-3-5(4)6/h8-12,20H,2-7H2,1H3;4-6H,2-3H2,1H3/t;4?,5-/m.0/s1. The molecule has 2 N–H and O–H groups in total. The molecule has 2 aromatic heterocycles. The summed E-state index contributed by atoms with van der Waals surface area (Å²) in [6.45, 7) is 12.0. The molecule has 7 nitrogen and oxygen atoms in total. The molecular formula is C23H31ClN6O. The molecule has 0 bridgehead atoms. The number of nitrogens with zero attached hydrogens (tertiary/aromatic N) is 5. The quantitative estimate of drug-likeness (QED) is 0.640. The van der Waals surface area contributed by atoms with Crippen LogP contribution in [-0.4, -0.2) is 57.0 Å². The monoisotopic (exact) mass is 442 g/mol. The van der Waals surface area contributed by atoms with Gasteiger partial charge in [-0.2, -0.15) is 10.2 Å². The van der Waals surface area contributed by atoms with Crippen LogP contribution in [0.25, 0.3) is 22.3 Å². The van der Waals surface area contributed by atoms with Crippen molar-refractivity contribution in [3.8, 4) is 5.69 Å². The smallest absolute Gasteiger partial charge is 0.104 e. The van der Waals surface area contributed by atoms with E-state index in [4.69, 9.17) is 16.7 Å². The second-order valence-corrected chi connectivity index (χ2v) is 8.75. The summed E-state index contributed by atoms with van der Waals surface area (Å²) in [6, 6.07) is 4.12. The first kappa shape index (κ1) is 21.9. The molecule has 2 atom stereocenters. The second-order valence-electron chi connectivity index (χ2n) is 8.34. The molecule has 1 saturated carbocycles. The van der Waals surface area contributed by atoms with E-state index in [0.717, 1.165) is 72.0 Å². The van der Waals surface area contributed by atoms with Crippen molar-refractivity contribution in [2.45, 2.75) is 39.2 Å². The van der Waals surface area contributed by atoms with E-state index in [1.54, 1.807) is 4.68 Å². The van der Waals surface area contributed by atoms with Crippen LogP contribution in [0, 0.1) is 5.92 Å². The van der Waals surface area contributed by atoms with Gasteiger partial charge in [0.25, 0.3) is 0 Å². The van der Waals surface area contributed by atoms with Gasteiger partial charge in [0.2, 0.25) is 0 Å². The molecule has 31 heavy (non-hydrogen) atoms. The van der Waals surface area contributed by atoms with Crippen LogP contribution in [0.5, 0.6) is 0 Å². The van der Waals surface area contributed by atoms with Gasteiger partial charge in [0.15, 0.2) is 0 Å². The highest BCUT2D eigenvalue weighted by molar-refractivity contribution is 6.34. The number of piperazine rings is 1. The van der Waals surface area contributed by atoms with Crippen LogP contribution in [-0.2, 0) is 0 Å². The van der Waals surface area contributed by atoms with E-state index in [-0.39, 0.29) is 6.10 Å². The van der Waals surface area contributed by atoms with Gasteiger partial charge in [-0.1, -0.05) is 32.0 Å². The minimum atomic E-state index is 0.0324. The Kier molecular flexibility index (Phi) is 6.65. The predicted molar refractivity (Wildman–Crippen MR) is 127 cm³/mol. The van der Waals surface area contributed by atoms with Crippen molar-refractivity contribution < 1.29 is 5.11 Å². The van der Waals surface area contributed by atoms with Crippen molar-refractivity contribution in [3.63, 3.8) is 0 Å². The number of nitrogens with one attached hydrogen (secondary N) is 1. The molecule has 1 aliphatic heterocycles. The first-order valence-corrected chi connectivity index (χ1v) is 11.4. The normalized spacial score (nSPS) is 20.8. The summed E-state index contributed by atoms with van der Waals surface area (Å²) < 4.78 is 3.71. The molecule has 0 radical (unpaired) electrons. The lowest BCUT2D eigenvalue weighted by Crippen LogP contribution is -2.43. The number of fused-ring (bicyclic) bond motifs is 1. The number of allylic oxidation sites excluding steroid dienone is 1. The van der Waals surface area contributed by atoms with E-state index in [9.17, 15) is 0 Å². The van der Waals surface area contributed by atoms with Crippen LogP contribution < -0.4 is 10.2 Å². The minimum Gasteiger partial charge on any atom is -0.393 e. The fourth-order valence-electron chi connectivity index (χ4n) is 3.80. The maximum absolute atomic E-state index is 8.72. The summed E-state index contributed by atoms with van der Waals surface area (Å²) in [5.74, 6) is 0.588. The van der Waals surface area contributed by atoms with Crippen LogP contribution in [0.1, 0.15) is 33.1 Å². The number of aliphatic hydroxyl groups excluding tert-OH is 1. The highest BCUT2D eigenvalue weighted by Gasteiger charge is 2.23. The van der Waals surface area contributed by atoms with Crippen molar-refractivity contribution in [3.05, 3.63) is 42.3 Å². The van der Waals surface area contributed by atoms with Gasteiger partial charge >= 0.3 is 0 Å². The van der Waals surface area contributed by atoms with Gasteiger partial charge in [-0.05, 0) is 37.3 Å². The molecule has 8 heteroatoms. The molecule has 1 unspecified atom stereocenters. The third-order valence-corrected chi connectivity index (χ3v) is 6.52. The average molecular weight is 443 g/mol. The summed E-state index contributed by atoms with van der Waals surface area (Å²) >= 11 is 6.53. The second kappa shape index (κ2) is 9.42. The first-order chi connectivity index (χ1) is 15.0. The maximum Gasteiger partial charge on any atom is 0.104 e. The lowest BCUT2D eigenvalue weighted by Gasteiger charge is -2.30. The summed E-state index contributed by atoms with van der Waals surface area (Å²) in [5, 5.41) is 22.8. The number of aromatic nitrogens is 4. The lowest BCUT2D eigenvalue weighted by molar-refractivity contribution is 0.0346. The van der Waals surface area contributed by atoms with Gasteiger partial charge in [0.1, 0.15) is 5.69 Å². The largest absolute Gasteiger partial charge is 0.393 e. The molecule has 5 rings (SSSR count). The topological polar surface area (TPSA) is 71.1 Å². The highest BCUT2D eigenvalue weighted by Crippen LogP contribution is 2.32. The van der Waals surface area contributed by atoms with Crippen molar-refractivity contribution in [1.29, 1.82) is 0 Å². The molecule has 1 aliphatic carbocycles. The van der Waals surface area contributed by atoms with Gasteiger partial charge in [-0.25, -0.2) is 9.36 Å². The molecule has 2 fully saturated rings. The minimum absolute atomic E-state index is 0.0324. The predicted octanol–water partition coefficient (Wildman–Crippen LogP) is 3.94. The molecule has 0 amide bonds. The zero-order valence-corrected chi connectivity index (χ0v) is 19.0. The van der Waals surface area contributed by atoms with Crippen LogP contribution in [0.2, 0.25) is 5.02 Å². The Hall–Kier alpha value is -2.35. The molecule has 166 valence electrons. The van der Waals surface area contributed by atoms with Gasteiger partial charge in [-0.15, -0.1) is 0 Å². The van der Waals surface area contributed by atoms with Crippen molar-refractivity contribution in [2.24, 2.45) is 5.92 Å². The third-order valence-electron chi connectivity index (χ3n) is 6.21. The first-order valence-electron chi connectivity index (χ1n) is 11.0. The molecular weight excluding hydrogens is 412 g/mol. The van der Waals surface area contributed by atoms with Crippen molar-refractivity contribution in [1.82, 2.24) is 24.9 Å². The summed E-state index contributed by atoms with van der Waals surface area (Å²) in [5.41, 5.74) is 3.95. The number of halogens is 1. The van der Waals surface area contributed by atoms with E-state index < -0.39 is 0 Å². The van der Waals surface area contributed by atoms with Crippen molar-refractivity contribution in [2.75, 3.05) is 31.1 Å². The van der Waals surface area contributed by atoms with E-state index in [1.807, 2.05) is 29.3 Å². The molecule has 1 aromatic carbocycles. The SMILES string of the molecule is C=C(CC)n1cc(-n2ncc3cc(Cl)c(N4CCNCC4)cc32)cn1.CC1CC[C@@H]1O. The summed E-state index contributed by atoms with van der Waals surface area (Å²) in [6.07, 6.45) is 8.75. The molecule has 2 aliphatic rings. The molecule has 1 saturated heterocycles. The Labute approximate surface area is 188 Å². The van der Waals surface area contributed by atoms with Gasteiger partial charge in [0.05, 0.1) is 40.9 Å².